The first-order chi connectivity index (χ1) is 4.39. The molecule has 1 aliphatic heterocycles. The lowest BCUT2D eigenvalue weighted by molar-refractivity contribution is 0.396. The maximum absolute atomic E-state index is 3.31. The fourth-order valence-corrected chi connectivity index (χ4v) is 0.908. The third-order valence-electron chi connectivity index (χ3n) is 1.45. The van der Waals surface area contributed by atoms with Crippen LogP contribution in [-0.4, -0.2) is 25.2 Å². The zero-order chi connectivity index (χ0) is 6.53. The SMILES string of the molecule is CN1/C=C\CCCNC1. The van der Waals surface area contributed by atoms with Gasteiger partial charge in [0.2, 0.25) is 0 Å². The summed E-state index contributed by atoms with van der Waals surface area (Å²) < 4.78 is 0. The Hall–Kier alpha value is -0.500. The van der Waals surface area contributed by atoms with E-state index < -0.39 is 0 Å². The van der Waals surface area contributed by atoms with Crippen LogP contribution in [0.3, 0.4) is 0 Å². The summed E-state index contributed by atoms with van der Waals surface area (Å²) in [4.78, 5) is 2.15. The lowest BCUT2D eigenvalue weighted by atomic mass is 10.3. The van der Waals surface area contributed by atoms with Gasteiger partial charge in [0.1, 0.15) is 0 Å². The molecule has 1 rings (SSSR count). The second-order valence-corrected chi connectivity index (χ2v) is 2.44. The maximum Gasteiger partial charge on any atom is 0.0673 e. The molecule has 0 fully saturated rings. The van der Waals surface area contributed by atoms with Gasteiger partial charge in [-0.3, -0.25) is 5.32 Å². The largest absolute Gasteiger partial charge is 0.368 e. The minimum Gasteiger partial charge on any atom is -0.368 e. The summed E-state index contributed by atoms with van der Waals surface area (Å²) in [6, 6.07) is 0. The van der Waals surface area contributed by atoms with Crippen molar-refractivity contribution >= 4 is 0 Å². The first-order valence-electron chi connectivity index (χ1n) is 3.47. The van der Waals surface area contributed by atoms with Gasteiger partial charge in [0.15, 0.2) is 0 Å². The van der Waals surface area contributed by atoms with Crippen LogP contribution in [0.15, 0.2) is 12.3 Å². The van der Waals surface area contributed by atoms with Crippen LogP contribution in [0.1, 0.15) is 12.8 Å². The van der Waals surface area contributed by atoms with Crippen LogP contribution in [0.25, 0.3) is 0 Å². The van der Waals surface area contributed by atoms with Crippen molar-refractivity contribution in [2.45, 2.75) is 12.8 Å². The van der Waals surface area contributed by atoms with E-state index in [0.717, 1.165) is 13.2 Å². The van der Waals surface area contributed by atoms with Crippen molar-refractivity contribution < 1.29 is 0 Å². The zero-order valence-corrected chi connectivity index (χ0v) is 5.93. The van der Waals surface area contributed by atoms with E-state index >= 15 is 0 Å². The van der Waals surface area contributed by atoms with Crippen molar-refractivity contribution in [2.75, 3.05) is 20.3 Å². The molecule has 1 N–H and O–H groups in total. The highest BCUT2D eigenvalue weighted by Crippen LogP contribution is 1.94. The van der Waals surface area contributed by atoms with Crippen molar-refractivity contribution in [3.05, 3.63) is 12.3 Å². The fraction of sp³-hybridized carbons (Fsp3) is 0.714. The van der Waals surface area contributed by atoms with Crippen LogP contribution in [0.5, 0.6) is 0 Å². The van der Waals surface area contributed by atoms with Crippen molar-refractivity contribution in [3.63, 3.8) is 0 Å². The Kier molecular flexibility index (Phi) is 2.58. The Balaban J connectivity index is 2.30. The number of hydrogen-bond acceptors (Lipinski definition) is 2. The van der Waals surface area contributed by atoms with E-state index in [2.05, 4.69) is 29.5 Å². The molecule has 0 unspecified atom stereocenters. The van der Waals surface area contributed by atoms with Gasteiger partial charge in [-0.15, -0.1) is 0 Å². The monoisotopic (exact) mass is 126 g/mol. The quantitative estimate of drug-likeness (QED) is 0.516. The Morgan fingerprint density at radius 2 is 2.44 bits per heavy atom. The van der Waals surface area contributed by atoms with Crippen LogP contribution >= 0.6 is 0 Å². The van der Waals surface area contributed by atoms with Gasteiger partial charge in [0.05, 0.1) is 6.67 Å². The minimum atomic E-state index is 0.983. The average Bonchev–Trinajstić information content (AvgIpc) is 1.79. The van der Waals surface area contributed by atoms with Crippen molar-refractivity contribution in [3.8, 4) is 0 Å². The number of nitrogens with one attached hydrogen (secondary N) is 1. The molecule has 0 aromatic rings. The molecule has 0 aliphatic carbocycles. The summed E-state index contributed by atoms with van der Waals surface area (Å²) in [5.74, 6) is 0. The molecule has 1 heterocycles. The summed E-state index contributed by atoms with van der Waals surface area (Å²) in [6.45, 7) is 2.13. The third-order valence-corrected chi connectivity index (χ3v) is 1.45. The molecule has 0 bridgehead atoms. The summed E-state index contributed by atoms with van der Waals surface area (Å²) in [6.07, 6.45) is 6.83. The molecule has 0 saturated carbocycles. The Bertz CT molecular complexity index is 99.1. The highest BCUT2D eigenvalue weighted by Gasteiger charge is 1.92. The number of allylic oxidation sites excluding steroid dienone is 1. The van der Waals surface area contributed by atoms with Gasteiger partial charge in [-0.25, -0.2) is 0 Å². The van der Waals surface area contributed by atoms with Crippen LogP contribution < -0.4 is 5.32 Å². The first kappa shape index (κ1) is 6.62. The minimum absolute atomic E-state index is 0.983. The Morgan fingerprint density at radius 3 is 3.33 bits per heavy atom. The number of hydrogen-bond donors (Lipinski definition) is 1. The number of nitrogens with zero attached hydrogens (tertiary/aromatic N) is 1. The first-order valence-corrected chi connectivity index (χ1v) is 3.47. The smallest absolute Gasteiger partial charge is 0.0673 e. The van der Waals surface area contributed by atoms with Crippen LogP contribution in [0, 0.1) is 0 Å². The molecule has 9 heavy (non-hydrogen) atoms. The lowest BCUT2D eigenvalue weighted by Gasteiger charge is -2.16. The van der Waals surface area contributed by atoms with Gasteiger partial charge >= 0.3 is 0 Å². The van der Waals surface area contributed by atoms with Crippen molar-refractivity contribution in [2.24, 2.45) is 0 Å². The van der Waals surface area contributed by atoms with E-state index in [4.69, 9.17) is 0 Å². The topological polar surface area (TPSA) is 15.3 Å². The Morgan fingerprint density at radius 1 is 1.56 bits per heavy atom. The molecular weight excluding hydrogens is 112 g/mol. The predicted molar refractivity (Wildman–Crippen MR) is 39.0 cm³/mol. The van der Waals surface area contributed by atoms with Gasteiger partial charge in [-0.05, 0) is 25.6 Å². The van der Waals surface area contributed by atoms with Crippen LogP contribution in [0.2, 0.25) is 0 Å². The highest BCUT2D eigenvalue weighted by molar-refractivity contribution is 4.82. The second kappa shape index (κ2) is 3.51. The van der Waals surface area contributed by atoms with E-state index in [9.17, 15) is 0 Å². The van der Waals surface area contributed by atoms with Crippen LogP contribution in [0.4, 0.5) is 0 Å². The summed E-state index contributed by atoms with van der Waals surface area (Å²) in [5, 5.41) is 3.31. The molecule has 0 spiro atoms. The standard InChI is InChI=1S/C7H14N2/c1-9-6-4-2-3-5-8-7-9/h4,6,8H,2-3,5,7H2,1H3/b6-4-. The molecule has 1 aliphatic rings. The van der Waals surface area contributed by atoms with Crippen molar-refractivity contribution in [1.82, 2.24) is 10.2 Å². The van der Waals surface area contributed by atoms with Gasteiger partial charge in [-0.1, -0.05) is 6.08 Å². The highest BCUT2D eigenvalue weighted by atomic mass is 15.2. The molecule has 0 aromatic heterocycles. The molecular formula is C7H14N2. The Labute approximate surface area is 56.5 Å². The van der Waals surface area contributed by atoms with E-state index in [-0.39, 0.29) is 0 Å². The van der Waals surface area contributed by atoms with Gasteiger partial charge in [0, 0.05) is 7.05 Å². The third kappa shape index (κ3) is 2.51. The zero-order valence-electron chi connectivity index (χ0n) is 5.93. The molecule has 0 aromatic carbocycles. The summed E-state index contributed by atoms with van der Waals surface area (Å²) in [5.41, 5.74) is 0. The van der Waals surface area contributed by atoms with Crippen molar-refractivity contribution in [1.29, 1.82) is 0 Å². The maximum atomic E-state index is 3.31. The average molecular weight is 126 g/mol. The summed E-state index contributed by atoms with van der Waals surface area (Å²) in [7, 11) is 2.08. The molecule has 52 valence electrons. The lowest BCUT2D eigenvalue weighted by Crippen LogP contribution is -2.29. The molecule has 0 amide bonds. The number of rotatable bonds is 0. The fourth-order valence-electron chi connectivity index (χ4n) is 0.908. The van der Waals surface area contributed by atoms with E-state index in [1.807, 2.05) is 0 Å². The van der Waals surface area contributed by atoms with Gasteiger partial charge < -0.3 is 4.90 Å². The van der Waals surface area contributed by atoms with E-state index in [1.165, 1.54) is 12.8 Å². The van der Waals surface area contributed by atoms with Crippen LogP contribution in [-0.2, 0) is 0 Å². The van der Waals surface area contributed by atoms with E-state index in [0.29, 0.717) is 0 Å². The molecule has 2 nitrogen and oxygen atoms in total. The molecule has 0 atom stereocenters. The van der Waals surface area contributed by atoms with E-state index in [1.54, 1.807) is 0 Å². The summed E-state index contributed by atoms with van der Waals surface area (Å²) >= 11 is 0. The molecule has 0 radical (unpaired) electrons. The molecule has 2 heteroatoms. The second-order valence-electron chi connectivity index (χ2n) is 2.44. The normalized spacial score (nSPS) is 24.8. The van der Waals surface area contributed by atoms with Gasteiger partial charge in [-0.2, -0.15) is 0 Å². The molecule has 0 saturated heterocycles. The predicted octanol–water partition coefficient (Wildman–Crippen LogP) is 0.773. The van der Waals surface area contributed by atoms with Gasteiger partial charge in [0.25, 0.3) is 0 Å².